The zero-order valence-corrected chi connectivity index (χ0v) is 13.7. The number of Topliss-reactive ketones (excluding diaryl/α,β-unsaturated/α-hetero) is 1. The lowest BCUT2D eigenvalue weighted by atomic mass is 9.86. The third-order valence-electron chi connectivity index (χ3n) is 5.66. The maximum absolute atomic E-state index is 12.8. The number of amides is 2. The molecule has 0 unspecified atom stereocenters. The van der Waals surface area contributed by atoms with Gasteiger partial charge in [-0.1, -0.05) is 24.3 Å². The van der Waals surface area contributed by atoms with Gasteiger partial charge in [-0.05, 0) is 30.4 Å². The van der Waals surface area contributed by atoms with E-state index in [-0.39, 0.29) is 36.1 Å². The molecule has 126 valence electrons. The molecule has 3 aliphatic rings. The Balaban J connectivity index is 1.55. The summed E-state index contributed by atoms with van der Waals surface area (Å²) < 4.78 is 0. The Morgan fingerprint density at radius 2 is 1.79 bits per heavy atom. The Morgan fingerprint density at radius 3 is 2.58 bits per heavy atom. The predicted molar refractivity (Wildman–Crippen MR) is 88.1 cm³/mol. The molecule has 0 bridgehead atoms. The van der Waals surface area contributed by atoms with E-state index in [1.54, 1.807) is 4.90 Å². The lowest BCUT2D eigenvalue weighted by molar-refractivity contribution is -0.152. The Morgan fingerprint density at radius 1 is 1.04 bits per heavy atom. The first kappa shape index (κ1) is 15.4. The maximum atomic E-state index is 12.8. The van der Waals surface area contributed by atoms with E-state index in [2.05, 4.69) is 12.1 Å². The fourth-order valence-electron chi connectivity index (χ4n) is 4.29. The quantitative estimate of drug-likeness (QED) is 0.789. The summed E-state index contributed by atoms with van der Waals surface area (Å²) in [5.41, 5.74) is 2.46. The first-order valence-electron chi connectivity index (χ1n) is 8.81. The normalized spacial score (nSPS) is 24.6. The summed E-state index contributed by atoms with van der Waals surface area (Å²) in [6, 6.07) is 8.20. The summed E-state index contributed by atoms with van der Waals surface area (Å²) in [5, 5.41) is 0. The lowest BCUT2D eigenvalue weighted by Crippen LogP contribution is -2.56. The standard InChI is InChI=1S/C19H22N2O3/c22-15-7-5-14(6-8-15)19(24)20-11-17-16-4-2-1-3-13(16)9-10-21(17)18(23)12-20/h1-4,14,17H,5-12H2/t17-/m0/s1. The van der Waals surface area contributed by atoms with Crippen LogP contribution in [0.5, 0.6) is 0 Å². The van der Waals surface area contributed by atoms with Crippen LogP contribution >= 0.6 is 0 Å². The number of hydrogen-bond donors (Lipinski definition) is 0. The number of piperazine rings is 1. The molecule has 1 aromatic carbocycles. The van der Waals surface area contributed by atoms with E-state index < -0.39 is 0 Å². The number of fused-ring (bicyclic) bond motifs is 3. The van der Waals surface area contributed by atoms with Crippen LogP contribution in [0.15, 0.2) is 24.3 Å². The third kappa shape index (κ3) is 2.62. The summed E-state index contributed by atoms with van der Waals surface area (Å²) in [7, 11) is 0. The summed E-state index contributed by atoms with van der Waals surface area (Å²) in [6.07, 6.45) is 3.14. The van der Waals surface area contributed by atoms with Crippen LogP contribution in [0, 0.1) is 5.92 Å². The van der Waals surface area contributed by atoms with Gasteiger partial charge in [0.25, 0.3) is 0 Å². The topological polar surface area (TPSA) is 57.7 Å². The number of rotatable bonds is 1. The highest BCUT2D eigenvalue weighted by molar-refractivity contribution is 5.89. The van der Waals surface area contributed by atoms with Gasteiger partial charge < -0.3 is 9.80 Å². The molecule has 1 aromatic rings. The van der Waals surface area contributed by atoms with Crippen LogP contribution in [-0.4, -0.2) is 47.0 Å². The molecule has 0 N–H and O–H groups in total. The van der Waals surface area contributed by atoms with Crippen LogP contribution in [0.2, 0.25) is 0 Å². The zero-order valence-electron chi connectivity index (χ0n) is 13.7. The average Bonchev–Trinajstić information content (AvgIpc) is 2.61. The van der Waals surface area contributed by atoms with Crippen molar-refractivity contribution in [2.75, 3.05) is 19.6 Å². The van der Waals surface area contributed by atoms with Crippen LogP contribution in [0.4, 0.5) is 0 Å². The molecule has 1 saturated heterocycles. The highest BCUT2D eigenvalue weighted by atomic mass is 16.2. The van der Waals surface area contributed by atoms with E-state index in [1.807, 2.05) is 17.0 Å². The van der Waals surface area contributed by atoms with Crippen molar-refractivity contribution in [2.45, 2.75) is 38.1 Å². The fourth-order valence-corrected chi connectivity index (χ4v) is 4.29. The second-order valence-electron chi connectivity index (χ2n) is 7.08. The van der Waals surface area contributed by atoms with Gasteiger partial charge in [0.15, 0.2) is 0 Å². The Kier molecular flexibility index (Phi) is 3.87. The van der Waals surface area contributed by atoms with Crippen LogP contribution < -0.4 is 0 Å². The van der Waals surface area contributed by atoms with Gasteiger partial charge in [-0.25, -0.2) is 0 Å². The predicted octanol–water partition coefficient (Wildman–Crippen LogP) is 1.71. The van der Waals surface area contributed by atoms with Crippen molar-refractivity contribution in [2.24, 2.45) is 5.92 Å². The minimum atomic E-state index is -0.0964. The van der Waals surface area contributed by atoms with Crippen molar-refractivity contribution in [3.8, 4) is 0 Å². The van der Waals surface area contributed by atoms with E-state index in [0.29, 0.717) is 32.2 Å². The Labute approximate surface area is 141 Å². The summed E-state index contributed by atoms with van der Waals surface area (Å²) in [4.78, 5) is 40.5. The molecule has 0 spiro atoms. The number of benzene rings is 1. The zero-order chi connectivity index (χ0) is 16.7. The molecule has 1 aliphatic carbocycles. The number of hydrogen-bond acceptors (Lipinski definition) is 3. The molecule has 2 amide bonds. The maximum Gasteiger partial charge on any atom is 0.242 e. The van der Waals surface area contributed by atoms with E-state index in [0.717, 1.165) is 13.0 Å². The number of carbonyl (C=O) groups excluding carboxylic acids is 3. The second-order valence-corrected chi connectivity index (χ2v) is 7.08. The van der Waals surface area contributed by atoms with Gasteiger partial charge in [0, 0.05) is 31.8 Å². The Bertz CT molecular complexity index is 690. The molecular formula is C19H22N2O3. The fraction of sp³-hybridized carbons (Fsp3) is 0.526. The molecule has 5 nitrogen and oxygen atoms in total. The molecular weight excluding hydrogens is 304 g/mol. The van der Waals surface area contributed by atoms with Gasteiger partial charge in [0.05, 0.1) is 12.6 Å². The van der Waals surface area contributed by atoms with Crippen LogP contribution in [0.1, 0.15) is 42.9 Å². The van der Waals surface area contributed by atoms with Crippen molar-refractivity contribution >= 4 is 17.6 Å². The van der Waals surface area contributed by atoms with Crippen molar-refractivity contribution in [1.82, 2.24) is 9.80 Å². The molecule has 2 fully saturated rings. The molecule has 0 aromatic heterocycles. The Hall–Kier alpha value is -2.17. The largest absolute Gasteiger partial charge is 0.332 e. The highest BCUT2D eigenvalue weighted by Gasteiger charge is 2.40. The van der Waals surface area contributed by atoms with Crippen molar-refractivity contribution in [3.05, 3.63) is 35.4 Å². The molecule has 4 rings (SSSR count). The number of ketones is 1. The lowest BCUT2D eigenvalue weighted by Gasteiger charge is -2.45. The highest BCUT2D eigenvalue weighted by Crippen LogP contribution is 2.34. The minimum Gasteiger partial charge on any atom is -0.332 e. The second kappa shape index (κ2) is 6.04. The van der Waals surface area contributed by atoms with Crippen molar-refractivity contribution < 1.29 is 14.4 Å². The molecule has 2 heterocycles. The first-order chi connectivity index (χ1) is 11.6. The SMILES string of the molecule is O=C1CCC(C(=O)N2CC(=O)N3CCc4ccccc4[C@@H]3C2)CC1. The summed E-state index contributed by atoms with van der Waals surface area (Å²) in [5.74, 6) is 0.251. The van der Waals surface area contributed by atoms with Gasteiger partial charge in [0.2, 0.25) is 11.8 Å². The molecule has 1 atom stereocenters. The molecule has 2 aliphatic heterocycles. The molecule has 0 radical (unpaired) electrons. The van der Waals surface area contributed by atoms with Crippen LogP contribution in [0.3, 0.4) is 0 Å². The van der Waals surface area contributed by atoms with Crippen molar-refractivity contribution in [1.29, 1.82) is 0 Å². The summed E-state index contributed by atoms with van der Waals surface area (Å²) in [6.45, 7) is 1.49. The van der Waals surface area contributed by atoms with Crippen molar-refractivity contribution in [3.63, 3.8) is 0 Å². The average molecular weight is 326 g/mol. The van der Waals surface area contributed by atoms with Gasteiger partial charge in [-0.2, -0.15) is 0 Å². The van der Waals surface area contributed by atoms with Gasteiger partial charge >= 0.3 is 0 Å². The van der Waals surface area contributed by atoms with Gasteiger partial charge in [-0.15, -0.1) is 0 Å². The molecule has 24 heavy (non-hydrogen) atoms. The monoisotopic (exact) mass is 326 g/mol. The van der Waals surface area contributed by atoms with Crippen LogP contribution in [-0.2, 0) is 20.8 Å². The van der Waals surface area contributed by atoms with Gasteiger partial charge in [-0.3, -0.25) is 14.4 Å². The third-order valence-corrected chi connectivity index (χ3v) is 5.66. The first-order valence-corrected chi connectivity index (χ1v) is 8.81. The number of nitrogens with zero attached hydrogens (tertiary/aromatic N) is 2. The summed E-state index contributed by atoms with van der Waals surface area (Å²) >= 11 is 0. The van der Waals surface area contributed by atoms with E-state index in [9.17, 15) is 14.4 Å². The van der Waals surface area contributed by atoms with E-state index >= 15 is 0 Å². The van der Waals surface area contributed by atoms with Crippen LogP contribution in [0.25, 0.3) is 0 Å². The van der Waals surface area contributed by atoms with E-state index in [1.165, 1.54) is 11.1 Å². The van der Waals surface area contributed by atoms with Gasteiger partial charge in [0.1, 0.15) is 5.78 Å². The van der Waals surface area contributed by atoms with E-state index in [4.69, 9.17) is 0 Å². The molecule has 1 saturated carbocycles. The number of carbonyl (C=O) groups is 3. The molecule has 5 heteroatoms. The smallest absolute Gasteiger partial charge is 0.242 e. The minimum absolute atomic E-state index is 0.0228.